The second-order valence-corrected chi connectivity index (χ2v) is 6.80. The Hall–Kier alpha value is -2.22. The number of ether oxygens (including phenoxy) is 1. The molecule has 0 aromatic carbocycles. The number of hydrogen-bond donors (Lipinski definition) is 2. The fraction of sp³-hybridized carbons (Fsp3) is 0.500. The predicted molar refractivity (Wildman–Crippen MR) is 91.9 cm³/mol. The molecule has 3 rings (SSSR count). The zero-order valence-electron chi connectivity index (χ0n) is 13.8. The van der Waals surface area contributed by atoms with E-state index in [-0.39, 0.29) is 17.2 Å². The molecule has 8 heteroatoms. The monoisotopic (exact) mass is 348 g/mol. The van der Waals surface area contributed by atoms with E-state index in [0.29, 0.717) is 22.9 Å². The van der Waals surface area contributed by atoms with Crippen LogP contribution >= 0.6 is 11.3 Å². The van der Waals surface area contributed by atoms with Crippen LogP contribution in [0.4, 0.5) is 10.7 Å². The largest absolute Gasteiger partial charge is 0.462 e. The van der Waals surface area contributed by atoms with Crippen molar-refractivity contribution in [3.63, 3.8) is 0 Å². The van der Waals surface area contributed by atoms with Crippen molar-refractivity contribution in [1.29, 1.82) is 0 Å². The van der Waals surface area contributed by atoms with Gasteiger partial charge in [-0.25, -0.2) is 4.79 Å². The number of aromatic amines is 2. The molecule has 1 aliphatic carbocycles. The maximum atomic E-state index is 12.4. The van der Waals surface area contributed by atoms with E-state index in [1.54, 1.807) is 13.8 Å². The van der Waals surface area contributed by atoms with Gasteiger partial charge in [-0.05, 0) is 45.1 Å². The summed E-state index contributed by atoms with van der Waals surface area (Å²) in [5.41, 5.74) is 2.08. The first-order valence-corrected chi connectivity index (χ1v) is 8.94. The molecule has 2 aromatic rings. The van der Waals surface area contributed by atoms with Gasteiger partial charge in [0.1, 0.15) is 5.56 Å². The van der Waals surface area contributed by atoms with Crippen LogP contribution in [0.5, 0.6) is 0 Å². The smallest absolute Gasteiger partial charge is 0.341 e. The number of thiophene rings is 1. The Labute approximate surface area is 143 Å². The fourth-order valence-corrected chi connectivity index (χ4v) is 4.06. The first-order valence-electron chi connectivity index (χ1n) is 8.12. The zero-order valence-corrected chi connectivity index (χ0v) is 14.6. The van der Waals surface area contributed by atoms with E-state index in [2.05, 4.69) is 20.4 Å². The third-order valence-electron chi connectivity index (χ3n) is 4.06. The van der Waals surface area contributed by atoms with Crippen molar-refractivity contribution in [2.75, 3.05) is 6.61 Å². The lowest BCUT2D eigenvalue weighted by Gasteiger charge is -2.04. The third-order valence-corrected chi connectivity index (χ3v) is 5.23. The van der Waals surface area contributed by atoms with Crippen molar-refractivity contribution < 1.29 is 9.53 Å². The van der Waals surface area contributed by atoms with E-state index in [1.807, 2.05) is 0 Å². The highest BCUT2D eigenvalue weighted by molar-refractivity contribution is 7.16. The lowest BCUT2D eigenvalue weighted by atomic mass is 10.1. The molecule has 24 heavy (non-hydrogen) atoms. The maximum absolute atomic E-state index is 12.4. The summed E-state index contributed by atoms with van der Waals surface area (Å²) < 4.78 is 5.21. The van der Waals surface area contributed by atoms with Crippen LogP contribution in [0.25, 0.3) is 0 Å². The van der Waals surface area contributed by atoms with Crippen LogP contribution in [0.1, 0.15) is 52.7 Å². The average molecular weight is 348 g/mol. The highest BCUT2D eigenvalue weighted by atomic mass is 32.1. The summed E-state index contributed by atoms with van der Waals surface area (Å²) in [6, 6.07) is 0. The van der Waals surface area contributed by atoms with Gasteiger partial charge in [-0.15, -0.1) is 21.6 Å². The Morgan fingerprint density at radius 2 is 2.00 bits per heavy atom. The molecule has 0 bridgehead atoms. The fourth-order valence-electron chi connectivity index (χ4n) is 2.87. The summed E-state index contributed by atoms with van der Waals surface area (Å²) in [5, 5.41) is 14.0. The van der Waals surface area contributed by atoms with Crippen LogP contribution in [-0.2, 0) is 17.6 Å². The molecule has 7 nitrogen and oxygen atoms in total. The van der Waals surface area contributed by atoms with Gasteiger partial charge < -0.3 is 9.84 Å². The number of aromatic nitrogens is 2. The summed E-state index contributed by atoms with van der Waals surface area (Å²) in [5.74, 6) is -0.356. The Bertz CT molecular complexity index is 831. The van der Waals surface area contributed by atoms with Crippen molar-refractivity contribution in [3.8, 4) is 0 Å². The number of nitrogens with one attached hydrogen (secondary N) is 2. The van der Waals surface area contributed by atoms with E-state index < -0.39 is 0 Å². The van der Waals surface area contributed by atoms with Crippen molar-refractivity contribution in [1.82, 2.24) is 10.2 Å². The molecule has 0 aliphatic heterocycles. The van der Waals surface area contributed by atoms with Gasteiger partial charge >= 0.3 is 5.97 Å². The highest BCUT2D eigenvalue weighted by Crippen LogP contribution is 2.40. The molecular formula is C16H20N4O3S. The average Bonchev–Trinajstić information content (AvgIpc) is 2.96. The normalized spacial score (nSPS) is 14.6. The number of fused-ring (bicyclic) bond motifs is 1. The van der Waals surface area contributed by atoms with Crippen molar-refractivity contribution >= 4 is 28.0 Å². The Morgan fingerprint density at radius 3 is 2.71 bits per heavy atom. The molecule has 2 heterocycles. The minimum atomic E-state index is -0.356. The lowest BCUT2D eigenvalue weighted by Crippen LogP contribution is -2.07. The summed E-state index contributed by atoms with van der Waals surface area (Å²) >= 11 is 1.48. The topological polar surface area (TPSA) is 99.7 Å². The quantitative estimate of drug-likeness (QED) is 0.497. The van der Waals surface area contributed by atoms with Gasteiger partial charge in [-0.2, -0.15) is 0 Å². The Balaban J connectivity index is 2.03. The summed E-state index contributed by atoms with van der Waals surface area (Å²) in [7, 11) is 0. The van der Waals surface area contributed by atoms with Gasteiger partial charge in [-0.3, -0.25) is 9.89 Å². The second kappa shape index (κ2) is 7.12. The number of hydrogen-bond acceptors (Lipinski definition) is 6. The maximum Gasteiger partial charge on any atom is 0.341 e. The number of carbonyl (C=O) groups excluding carboxylic acids is 1. The second-order valence-electron chi connectivity index (χ2n) is 5.72. The highest BCUT2D eigenvalue weighted by Gasteiger charge is 2.25. The van der Waals surface area contributed by atoms with Gasteiger partial charge in [0, 0.05) is 4.88 Å². The zero-order chi connectivity index (χ0) is 17.1. The summed E-state index contributed by atoms with van der Waals surface area (Å²) in [4.78, 5) is 25.3. The molecule has 2 aromatic heterocycles. The van der Waals surface area contributed by atoms with E-state index in [1.165, 1.54) is 22.6 Å². The van der Waals surface area contributed by atoms with Crippen LogP contribution in [0.15, 0.2) is 15.0 Å². The number of aryl methyl sites for hydroxylation is 2. The molecule has 0 unspecified atom stereocenters. The lowest BCUT2D eigenvalue weighted by molar-refractivity contribution is 0.0526. The van der Waals surface area contributed by atoms with E-state index >= 15 is 0 Å². The van der Waals surface area contributed by atoms with Crippen LogP contribution in [0.2, 0.25) is 0 Å². The minimum Gasteiger partial charge on any atom is -0.462 e. The van der Waals surface area contributed by atoms with Crippen LogP contribution < -0.4 is 5.56 Å². The van der Waals surface area contributed by atoms with E-state index in [0.717, 1.165) is 31.2 Å². The molecule has 0 saturated carbocycles. The number of nitrogens with zero attached hydrogens (tertiary/aromatic N) is 2. The molecule has 0 atom stereocenters. The molecule has 0 saturated heterocycles. The Kier molecular flexibility index (Phi) is 4.94. The van der Waals surface area contributed by atoms with Gasteiger partial charge in [0.2, 0.25) is 0 Å². The first-order chi connectivity index (χ1) is 11.6. The van der Waals surface area contributed by atoms with Gasteiger partial charge in [0.15, 0.2) is 10.7 Å². The number of azo groups is 1. The standard InChI is InChI=1S/C16H20N4O3S/c1-3-23-16(22)12-10-7-5-4-6-8-11(10)24-15(12)20-18-13-9(2)17-19-14(13)21/h3-8H2,1-2H3,(H2,17,19,21). The molecule has 0 spiro atoms. The molecule has 0 radical (unpaired) electrons. The SMILES string of the molecule is CCOC(=O)c1c(N=Nc2c(C)[nH][nH]c2=O)sc2c1CCCCC2. The van der Waals surface area contributed by atoms with Crippen molar-refractivity contribution in [2.24, 2.45) is 10.2 Å². The van der Waals surface area contributed by atoms with Crippen LogP contribution in [-0.4, -0.2) is 22.8 Å². The molecule has 0 fully saturated rings. The third kappa shape index (κ3) is 3.19. The van der Waals surface area contributed by atoms with Crippen LogP contribution in [0.3, 0.4) is 0 Å². The molecular weight excluding hydrogens is 328 g/mol. The summed E-state index contributed by atoms with van der Waals surface area (Å²) in [6.07, 6.45) is 5.15. The van der Waals surface area contributed by atoms with Crippen molar-refractivity contribution in [3.05, 3.63) is 32.1 Å². The molecule has 1 aliphatic rings. The minimum absolute atomic E-state index is 0.230. The van der Waals surface area contributed by atoms with Gasteiger partial charge in [-0.1, -0.05) is 6.42 Å². The molecule has 2 N–H and O–H groups in total. The number of H-pyrrole nitrogens is 2. The van der Waals surface area contributed by atoms with Crippen molar-refractivity contribution in [2.45, 2.75) is 46.0 Å². The number of carbonyl (C=O) groups is 1. The molecule has 128 valence electrons. The Morgan fingerprint density at radius 1 is 1.21 bits per heavy atom. The van der Waals surface area contributed by atoms with E-state index in [9.17, 15) is 9.59 Å². The summed E-state index contributed by atoms with van der Waals surface area (Å²) in [6.45, 7) is 3.84. The first kappa shape index (κ1) is 16.6. The number of esters is 1. The van der Waals surface area contributed by atoms with Gasteiger partial charge in [0.05, 0.1) is 12.3 Å². The predicted octanol–water partition coefficient (Wildman–Crippen LogP) is 3.93. The van der Waals surface area contributed by atoms with E-state index in [4.69, 9.17) is 4.74 Å². The van der Waals surface area contributed by atoms with Crippen LogP contribution in [0, 0.1) is 6.92 Å². The number of rotatable bonds is 4. The molecule has 0 amide bonds. The van der Waals surface area contributed by atoms with Gasteiger partial charge in [0.25, 0.3) is 5.56 Å².